The summed E-state index contributed by atoms with van der Waals surface area (Å²) in [5.41, 5.74) is 2.15. The summed E-state index contributed by atoms with van der Waals surface area (Å²) in [5.74, 6) is 1.89. The Labute approximate surface area is 195 Å². The Kier molecular flexibility index (Phi) is 7.53. The molecule has 172 valence electrons. The van der Waals surface area contributed by atoms with Crippen molar-refractivity contribution in [3.8, 4) is 11.5 Å². The Morgan fingerprint density at radius 2 is 2.12 bits per heavy atom. The molecule has 2 aliphatic rings. The molecule has 0 saturated carbocycles. The predicted octanol–water partition coefficient (Wildman–Crippen LogP) is 4.40. The molecule has 1 aromatic carbocycles. The summed E-state index contributed by atoms with van der Waals surface area (Å²) in [4.78, 5) is 22.0. The van der Waals surface area contributed by atoms with Gasteiger partial charge in [0, 0.05) is 45.0 Å². The minimum Gasteiger partial charge on any atom is -0.489 e. The highest BCUT2D eigenvalue weighted by Crippen LogP contribution is 2.38. The van der Waals surface area contributed by atoms with Crippen LogP contribution in [0.5, 0.6) is 11.5 Å². The third-order valence-corrected chi connectivity index (χ3v) is 6.16. The van der Waals surface area contributed by atoms with Crippen molar-refractivity contribution in [2.24, 2.45) is 11.8 Å². The summed E-state index contributed by atoms with van der Waals surface area (Å²) in [6, 6.07) is 7.91. The Bertz CT molecular complexity index is 922. The molecule has 4 rings (SSSR count). The van der Waals surface area contributed by atoms with Gasteiger partial charge >= 0.3 is 0 Å². The molecular weight excluding hydrogens is 426 g/mol. The van der Waals surface area contributed by atoms with Crippen LogP contribution < -0.4 is 9.47 Å². The molecule has 0 aliphatic carbocycles. The lowest BCUT2D eigenvalue weighted by molar-refractivity contribution is -0.136. The Morgan fingerprint density at radius 3 is 2.91 bits per heavy atom. The van der Waals surface area contributed by atoms with E-state index in [9.17, 15) is 4.79 Å². The molecule has 0 unspecified atom stereocenters. The quantitative estimate of drug-likeness (QED) is 0.616. The number of carbonyl (C=O) groups excluding carboxylic acids is 1. The van der Waals surface area contributed by atoms with Gasteiger partial charge in [0.25, 0.3) is 0 Å². The zero-order valence-corrected chi connectivity index (χ0v) is 19.7. The van der Waals surface area contributed by atoms with Crippen LogP contribution in [0.4, 0.5) is 0 Å². The number of hydrogen-bond acceptors (Lipinski definition) is 5. The highest BCUT2D eigenvalue weighted by Gasteiger charge is 2.32. The fraction of sp³-hybridized carbons (Fsp3) is 0.520. The van der Waals surface area contributed by atoms with Gasteiger partial charge in [0.05, 0.1) is 24.2 Å². The first-order valence-corrected chi connectivity index (χ1v) is 11.9. The molecule has 1 fully saturated rings. The average molecular weight is 458 g/mol. The number of likely N-dealkylation sites (tertiary alicyclic amines) is 1. The summed E-state index contributed by atoms with van der Waals surface area (Å²) in [7, 11) is 0. The fourth-order valence-corrected chi connectivity index (χ4v) is 4.74. The number of halogens is 1. The Hall–Kier alpha value is -2.31. The van der Waals surface area contributed by atoms with Crippen LogP contribution in [0.2, 0.25) is 5.02 Å². The molecule has 1 atom stereocenters. The number of amides is 1. The molecule has 1 aromatic heterocycles. The third-order valence-electron chi connectivity index (χ3n) is 5.88. The van der Waals surface area contributed by atoms with Gasteiger partial charge in [-0.15, -0.1) is 0 Å². The van der Waals surface area contributed by atoms with E-state index in [-0.39, 0.29) is 11.8 Å². The molecule has 0 spiro atoms. The summed E-state index contributed by atoms with van der Waals surface area (Å²) >= 11 is 6.49. The van der Waals surface area contributed by atoms with Crippen molar-refractivity contribution in [1.29, 1.82) is 0 Å². The molecule has 0 bridgehead atoms. The zero-order chi connectivity index (χ0) is 22.5. The van der Waals surface area contributed by atoms with Crippen LogP contribution in [0, 0.1) is 11.8 Å². The molecular formula is C25H32ClN3O3. The van der Waals surface area contributed by atoms with Crippen LogP contribution in [-0.4, -0.2) is 53.5 Å². The van der Waals surface area contributed by atoms with E-state index in [1.54, 1.807) is 6.20 Å². The van der Waals surface area contributed by atoms with Gasteiger partial charge in [0.1, 0.15) is 0 Å². The largest absolute Gasteiger partial charge is 0.489 e. The van der Waals surface area contributed by atoms with E-state index in [2.05, 4.69) is 29.8 Å². The van der Waals surface area contributed by atoms with Crippen molar-refractivity contribution in [2.75, 3.05) is 32.8 Å². The fourth-order valence-electron chi connectivity index (χ4n) is 4.45. The average Bonchev–Trinajstić information content (AvgIpc) is 3.09. The number of benzene rings is 1. The molecule has 2 aromatic rings. The molecule has 2 aliphatic heterocycles. The van der Waals surface area contributed by atoms with E-state index < -0.39 is 0 Å². The van der Waals surface area contributed by atoms with Gasteiger partial charge in [0.15, 0.2) is 11.5 Å². The highest BCUT2D eigenvalue weighted by molar-refractivity contribution is 6.32. The lowest BCUT2D eigenvalue weighted by Gasteiger charge is -2.28. The van der Waals surface area contributed by atoms with E-state index in [0.29, 0.717) is 48.7 Å². The van der Waals surface area contributed by atoms with Crippen molar-refractivity contribution < 1.29 is 14.3 Å². The van der Waals surface area contributed by atoms with E-state index in [1.165, 1.54) is 5.56 Å². The lowest BCUT2D eigenvalue weighted by Crippen LogP contribution is -2.39. The third kappa shape index (κ3) is 5.73. The first-order chi connectivity index (χ1) is 15.5. The SMILES string of the molecule is CC(C)CN(Cc1cc(Cl)c2c(c1)OCCCO2)C(=O)[C@@H]1CCN(Cc2cccnc2)C1. The first-order valence-electron chi connectivity index (χ1n) is 11.5. The first kappa shape index (κ1) is 22.9. The van der Waals surface area contributed by atoms with Crippen LogP contribution in [0.3, 0.4) is 0 Å². The van der Waals surface area contributed by atoms with Crippen LogP contribution in [0.25, 0.3) is 0 Å². The van der Waals surface area contributed by atoms with Crippen LogP contribution >= 0.6 is 11.6 Å². The van der Waals surface area contributed by atoms with Gasteiger partial charge in [-0.2, -0.15) is 0 Å². The van der Waals surface area contributed by atoms with Gasteiger partial charge in [-0.3, -0.25) is 14.7 Å². The van der Waals surface area contributed by atoms with E-state index >= 15 is 0 Å². The molecule has 3 heterocycles. The second kappa shape index (κ2) is 10.5. The molecule has 0 N–H and O–H groups in total. The zero-order valence-electron chi connectivity index (χ0n) is 18.9. The monoisotopic (exact) mass is 457 g/mol. The Morgan fingerprint density at radius 1 is 1.28 bits per heavy atom. The maximum absolute atomic E-state index is 13.5. The van der Waals surface area contributed by atoms with Gasteiger partial charge < -0.3 is 14.4 Å². The number of ether oxygens (including phenoxy) is 2. The van der Waals surface area contributed by atoms with Crippen molar-refractivity contribution in [3.63, 3.8) is 0 Å². The number of nitrogens with zero attached hydrogens (tertiary/aromatic N) is 3. The van der Waals surface area contributed by atoms with E-state index in [0.717, 1.165) is 38.0 Å². The predicted molar refractivity (Wildman–Crippen MR) is 125 cm³/mol. The number of aromatic nitrogens is 1. The molecule has 7 heteroatoms. The highest BCUT2D eigenvalue weighted by atomic mass is 35.5. The molecule has 1 amide bonds. The molecule has 6 nitrogen and oxygen atoms in total. The standard InChI is InChI=1S/C25H32ClN3O3/c1-18(2)14-29(16-20-11-22(26)24-23(12-20)31-9-4-10-32-24)25(30)21-6-8-28(17-21)15-19-5-3-7-27-13-19/h3,5,7,11-13,18,21H,4,6,8-10,14-17H2,1-2H3/t21-/m1/s1. The minimum absolute atomic E-state index is 0.0151. The second-order valence-corrected chi connectivity index (χ2v) is 9.56. The van der Waals surface area contributed by atoms with Crippen molar-refractivity contribution in [3.05, 3.63) is 52.8 Å². The smallest absolute Gasteiger partial charge is 0.227 e. The summed E-state index contributed by atoms with van der Waals surface area (Å²) in [6.07, 6.45) is 5.40. The van der Waals surface area contributed by atoms with Gasteiger partial charge in [-0.25, -0.2) is 0 Å². The van der Waals surface area contributed by atoms with Crippen molar-refractivity contribution >= 4 is 17.5 Å². The molecule has 1 saturated heterocycles. The summed E-state index contributed by atoms with van der Waals surface area (Å²) in [5, 5.41) is 0.542. The summed E-state index contributed by atoms with van der Waals surface area (Å²) in [6.45, 7) is 9.27. The van der Waals surface area contributed by atoms with Crippen LogP contribution in [-0.2, 0) is 17.9 Å². The van der Waals surface area contributed by atoms with Crippen molar-refractivity contribution in [2.45, 2.75) is 39.8 Å². The van der Waals surface area contributed by atoms with Gasteiger partial charge in [-0.05, 0) is 48.2 Å². The maximum atomic E-state index is 13.5. The van der Waals surface area contributed by atoms with E-state index in [1.807, 2.05) is 29.3 Å². The topological polar surface area (TPSA) is 54.9 Å². The summed E-state index contributed by atoms with van der Waals surface area (Å²) < 4.78 is 11.6. The lowest BCUT2D eigenvalue weighted by atomic mass is 10.0. The van der Waals surface area contributed by atoms with Crippen LogP contribution in [0.15, 0.2) is 36.7 Å². The van der Waals surface area contributed by atoms with E-state index in [4.69, 9.17) is 21.1 Å². The minimum atomic E-state index is 0.0151. The second-order valence-electron chi connectivity index (χ2n) is 9.15. The number of carbonyl (C=O) groups is 1. The molecule has 32 heavy (non-hydrogen) atoms. The number of pyridine rings is 1. The number of rotatable bonds is 7. The van der Waals surface area contributed by atoms with Gasteiger partial charge in [0.2, 0.25) is 5.91 Å². The normalized spacial score (nSPS) is 18.6. The Balaban J connectivity index is 1.45. The number of hydrogen-bond donors (Lipinski definition) is 0. The van der Waals surface area contributed by atoms with Crippen LogP contribution in [0.1, 0.15) is 37.8 Å². The maximum Gasteiger partial charge on any atom is 0.227 e. The van der Waals surface area contributed by atoms with Crippen molar-refractivity contribution in [1.82, 2.24) is 14.8 Å². The number of fused-ring (bicyclic) bond motifs is 1. The van der Waals surface area contributed by atoms with Gasteiger partial charge in [-0.1, -0.05) is 31.5 Å². The molecule has 0 radical (unpaired) electrons.